The first kappa shape index (κ1) is 17.0. The number of ether oxygens (including phenoxy) is 1. The molecule has 1 fully saturated rings. The van der Waals surface area contributed by atoms with Crippen molar-refractivity contribution in [1.82, 2.24) is 0 Å². The summed E-state index contributed by atoms with van der Waals surface area (Å²) in [5.41, 5.74) is 0.487. The van der Waals surface area contributed by atoms with Gasteiger partial charge in [0.1, 0.15) is 0 Å². The second-order valence-electron chi connectivity index (χ2n) is 7.51. The highest BCUT2D eigenvalue weighted by atomic mass is 16.6. The molecule has 2 unspecified atom stereocenters. The summed E-state index contributed by atoms with van der Waals surface area (Å²) in [4.78, 5) is 0. The van der Waals surface area contributed by atoms with E-state index in [1.807, 2.05) is 0 Å². The van der Waals surface area contributed by atoms with Crippen LogP contribution >= 0.6 is 0 Å². The zero-order valence-corrected chi connectivity index (χ0v) is 13.8. The van der Waals surface area contributed by atoms with Crippen molar-refractivity contribution < 1.29 is 4.74 Å². The van der Waals surface area contributed by atoms with Gasteiger partial charge in [-0.2, -0.15) is 0 Å². The first-order valence-electron chi connectivity index (χ1n) is 8.65. The van der Waals surface area contributed by atoms with Gasteiger partial charge in [0.05, 0.1) is 12.7 Å². The highest BCUT2D eigenvalue weighted by Crippen LogP contribution is 2.35. The largest absolute Gasteiger partial charge is 0.373 e. The minimum atomic E-state index is 0.487. The maximum Gasteiger partial charge on any atom is 0.0810 e. The van der Waals surface area contributed by atoms with Gasteiger partial charge in [-0.1, -0.05) is 72.6 Å². The van der Waals surface area contributed by atoms with Gasteiger partial charge in [0.15, 0.2) is 0 Å². The van der Waals surface area contributed by atoms with E-state index in [0.717, 1.165) is 12.5 Å². The third-order valence-corrected chi connectivity index (χ3v) is 4.61. The van der Waals surface area contributed by atoms with E-state index < -0.39 is 0 Å². The monoisotopic (exact) mass is 268 g/mol. The Morgan fingerprint density at radius 3 is 2.05 bits per heavy atom. The van der Waals surface area contributed by atoms with Crippen LogP contribution < -0.4 is 0 Å². The predicted molar refractivity (Wildman–Crippen MR) is 84.5 cm³/mol. The molecule has 1 heteroatoms. The summed E-state index contributed by atoms with van der Waals surface area (Å²) in [7, 11) is 0. The number of hydrogen-bond donors (Lipinski definition) is 0. The predicted octanol–water partition coefficient (Wildman–Crippen LogP) is 5.97. The fourth-order valence-electron chi connectivity index (χ4n) is 3.00. The molecule has 0 N–H and O–H groups in total. The van der Waals surface area contributed by atoms with Crippen molar-refractivity contribution in [3.8, 4) is 0 Å². The Balaban J connectivity index is 2.10. The normalized spacial score (nSPS) is 20.5. The molecule has 1 rings (SSSR count). The molecule has 0 aromatic carbocycles. The summed E-state index contributed by atoms with van der Waals surface area (Å²) in [6, 6.07) is 0. The van der Waals surface area contributed by atoms with Crippen molar-refractivity contribution in [3.63, 3.8) is 0 Å². The molecular weight excluding hydrogens is 232 g/mol. The van der Waals surface area contributed by atoms with Crippen LogP contribution in [0.2, 0.25) is 0 Å². The number of hydrogen-bond acceptors (Lipinski definition) is 1. The number of epoxide rings is 1. The minimum absolute atomic E-state index is 0.487. The molecule has 0 aromatic heterocycles. The lowest BCUT2D eigenvalue weighted by atomic mass is 9.75. The first-order valence-corrected chi connectivity index (χ1v) is 8.65. The molecule has 1 heterocycles. The molecule has 0 amide bonds. The first-order chi connectivity index (χ1) is 9.04. The van der Waals surface area contributed by atoms with Gasteiger partial charge >= 0.3 is 0 Å². The zero-order valence-electron chi connectivity index (χ0n) is 13.8. The lowest BCUT2D eigenvalue weighted by Gasteiger charge is -2.31. The van der Waals surface area contributed by atoms with Crippen LogP contribution in [0.4, 0.5) is 0 Å². The van der Waals surface area contributed by atoms with Gasteiger partial charge in [-0.05, 0) is 30.6 Å². The van der Waals surface area contributed by atoms with E-state index in [1.54, 1.807) is 0 Å². The van der Waals surface area contributed by atoms with Crippen molar-refractivity contribution in [2.75, 3.05) is 6.61 Å². The number of unbranched alkanes of at least 4 members (excludes halogenated alkanes) is 5. The van der Waals surface area contributed by atoms with Crippen LogP contribution in [0, 0.1) is 11.3 Å². The molecular formula is C18H36O. The molecule has 0 radical (unpaired) electrons. The SMILES string of the molecule is CCCCCCCC(CCCCC1CO1)C(C)(C)C. The van der Waals surface area contributed by atoms with Crippen LogP contribution in [0.15, 0.2) is 0 Å². The third-order valence-electron chi connectivity index (χ3n) is 4.61. The van der Waals surface area contributed by atoms with Crippen molar-refractivity contribution in [2.24, 2.45) is 11.3 Å². The van der Waals surface area contributed by atoms with Gasteiger partial charge in [-0.25, -0.2) is 0 Å². The highest BCUT2D eigenvalue weighted by Gasteiger charge is 2.25. The van der Waals surface area contributed by atoms with E-state index in [4.69, 9.17) is 4.74 Å². The second-order valence-corrected chi connectivity index (χ2v) is 7.51. The van der Waals surface area contributed by atoms with E-state index in [-0.39, 0.29) is 0 Å². The summed E-state index contributed by atoms with van der Waals surface area (Å²) < 4.78 is 5.29. The Hall–Kier alpha value is -0.0400. The molecule has 0 aromatic rings. The summed E-state index contributed by atoms with van der Waals surface area (Å²) in [5.74, 6) is 0.911. The Morgan fingerprint density at radius 2 is 1.53 bits per heavy atom. The maximum atomic E-state index is 5.29. The molecule has 0 spiro atoms. The van der Waals surface area contributed by atoms with Crippen LogP contribution in [-0.4, -0.2) is 12.7 Å². The molecule has 114 valence electrons. The average molecular weight is 268 g/mol. The van der Waals surface area contributed by atoms with E-state index in [0.29, 0.717) is 11.5 Å². The zero-order chi connectivity index (χ0) is 14.1. The summed E-state index contributed by atoms with van der Waals surface area (Å²) in [6.07, 6.45) is 14.6. The molecule has 0 aliphatic carbocycles. The van der Waals surface area contributed by atoms with Gasteiger partial charge in [0.2, 0.25) is 0 Å². The summed E-state index contributed by atoms with van der Waals surface area (Å²) in [5, 5.41) is 0. The molecule has 0 bridgehead atoms. The van der Waals surface area contributed by atoms with Crippen molar-refractivity contribution >= 4 is 0 Å². The minimum Gasteiger partial charge on any atom is -0.373 e. The molecule has 1 aliphatic heterocycles. The van der Waals surface area contributed by atoms with E-state index in [2.05, 4.69) is 27.7 Å². The second kappa shape index (κ2) is 9.00. The number of rotatable bonds is 11. The van der Waals surface area contributed by atoms with E-state index in [9.17, 15) is 0 Å². The van der Waals surface area contributed by atoms with Crippen LogP contribution in [0.3, 0.4) is 0 Å². The van der Waals surface area contributed by atoms with Gasteiger partial charge in [0.25, 0.3) is 0 Å². The van der Waals surface area contributed by atoms with Crippen molar-refractivity contribution in [2.45, 2.75) is 98.0 Å². The Kier molecular flexibility index (Phi) is 8.06. The Morgan fingerprint density at radius 1 is 0.947 bits per heavy atom. The lowest BCUT2D eigenvalue weighted by Crippen LogP contribution is -2.20. The maximum absolute atomic E-state index is 5.29. The Labute approximate surface area is 121 Å². The molecule has 19 heavy (non-hydrogen) atoms. The summed E-state index contributed by atoms with van der Waals surface area (Å²) in [6.45, 7) is 10.6. The van der Waals surface area contributed by atoms with Crippen molar-refractivity contribution in [3.05, 3.63) is 0 Å². The van der Waals surface area contributed by atoms with Crippen LogP contribution in [0.5, 0.6) is 0 Å². The molecule has 1 saturated heterocycles. The average Bonchev–Trinajstić information content (AvgIpc) is 3.14. The van der Waals surface area contributed by atoms with Crippen LogP contribution in [0.1, 0.15) is 91.9 Å². The Bertz CT molecular complexity index is 212. The quantitative estimate of drug-likeness (QED) is 0.332. The fraction of sp³-hybridized carbons (Fsp3) is 1.00. The van der Waals surface area contributed by atoms with Gasteiger partial charge in [-0.3, -0.25) is 0 Å². The van der Waals surface area contributed by atoms with Crippen molar-refractivity contribution in [1.29, 1.82) is 0 Å². The standard InChI is InChI=1S/C18H36O/c1-5-6-7-8-9-12-16(18(2,3)4)13-10-11-14-17-15-19-17/h16-17H,5-15H2,1-4H3. The molecule has 1 nitrogen and oxygen atoms in total. The lowest BCUT2D eigenvalue weighted by molar-refractivity contribution is 0.200. The van der Waals surface area contributed by atoms with Gasteiger partial charge in [0, 0.05) is 0 Å². The molecule has 2 atom stereocenters. The summed E-state index contributed by atoms with van der Waals surface area (Å²) >= 11 is 0. The van der Waals surface area contributed by atoms with E-state index >= 15 is 0 Å². The molecule has 1 aliphatic rings. The topological polar surface area (TPSA) is 12.5 Å². The van der Waals surface area contributed by atoms with Crippen LogP contribution in [0.25, 0.3) is 0 Å². The fourth-order valence-corrected chi connectivity index (χ4v) is 3.00. The highest BCUT2D eigenvalue weighted by molar-refractivity contribution is 4.75. The van der Waals surface area contributed by atoms with Gasteiger partial charge in [-0.15, -0.1) is 0 Å². The molecule has 0 saturated carbocycles. The van der Waals surface area contributed by atoms with E-state index in [1.165, 1.54) is 64.2 Å². The van der Waals surface area contributed by atoms with Crippen LogP contribution in [-0.2, 0) is 4.74 Å². The van der Waals surface area contributed by atoms with Gasteiger partial charge < -0.3 is 4.74 Å². The third kappa shape index (κ3) is 8.68. The smallest absolute Gasteiger partial charge is 0.0810 e.